The maximum absolute atomic E-state index is 14.4. The van der Waals surface area contributed by atoms with Gasteiger partial charge in [0.15, 0.2) is 0 Å². The first-order valence-corrected chi connectivity index (χ1v) is 16.5. The Hall–Kier alpha value is -3.76. The molecule has 0 bridgehead atoms. The summed E-state index contributed by atoms with van der Waals surface area (Å²) in [5.41, 5.74) is 1.73. The van der Waals surface area contributed by atoms with Crippen molar-refractivity contribution >= 4 is 39.1 Å². The monoisotopic (exact) mass is 641 g/mol. The molecule has 0 spiro atoms. The summed E-state index contributed by atoms with van der Waals surface area (Å²) < 4.78 is 40.3. The molecule has 0 unspecified atom stereocenters. The first-order valence-electron chi connectivity index (χ1n) is 14.7. The van der Waals surface area contributed by atoms with Crippen LogP contribution in [0.5, 0.6) is 11.5 Å². The molecule has 1 atom stereocenters. The van der Waals surface area contributed by atoms with Crippen LogP contribution in [0.4, 0.5) is 5.69 Å². The summed E-state index contributed by atoms with van der Waals surface area (Å²) in [6.07, 6.45) is 4.20. The van der Waals surface area contributed by atoms with Crippen molar-refractivity contribution in [2.24, 2.45) is 0 Å². The van der Waals surface area contributed by atoms with E-state index in [9.17, 15) is 18.0 Å². The van der Waals surface area contributed by atoms with Gasteiger partial charge in [-0.25, -0.2) is 8.42 Å². The second-order valence-corrected chi connectivity index (χ2v) is 13.2. The number of carbonyl (C=O) groups excluding carboxylic acids is 2. The zero-order valence-corrected chi connectivity index (χ0v) is 27.2. The first-order chi connectivity index (χ1) is 21.1. The second-order valence-electron chi connectivity index (χ2n) is 10.9. The minimum atomic E-state index is -4.28. The number of methoxy groups -OCH3 is 2. The molecule has 0 aromatic heterocycles. The minimum Gasteiger partial charge on any atom is -0.497 e. The lowest BCUT2D eigenvalue weighted by Gasteiger charge is -2.34. The van der Waals surface area contributed by atoms with E-state index in [1.807, 2.05) is 19.9 Å². The average Bonchev–Trinajstić information content (AvgIpc) is 3.53. The summed E-state index contributed by atoms with van der Waals surface area (Å²) in [7, 11) is -1.31. The van der Waals surface area contributed by atoms with Crippen LogP contribution in [0.1, 0.15) is 50.2 Å². The van der Waals surface area contributed by atoms with Crippen LogP contribution >= 0.6 is 11.6 Å². The number of ether oxygens (including phenoxy) is 2. The normalized spacial score (nSPS) is 14.1. The molecule has 4 rings (SSSR count). The van der Waals surface area contributed by atoms with E-state index < -0.39 is 28.5 Å². The first kappa shape index (κ1) is 33.1. The van der Waals surface area contributed by atoms with E-state index in [0.29, 0.717) is 12.2 Å². The summed E-state index contributed by atoms with van der Waals surface area (Å²) in [5.74, 6) is 0.0109. The number of anilines is 1. The highest BCUT2D eigenvalue weighted by Crippen LogP contribution is 2.35. The molecule has 1 fully saturated rings. The van der Waals surface area contributed by atoms with E-state index in [-0.39, 0.29) is 39.8 Å². The molecule has 44 heavy (non-hydrogen) atoms. The predicted molar refractivity (Wildman–Crippen MR) is 172 cm³/mol. The summed E-state index contributed by atoms with van der Waals surface area (Å²) >= 11 is 6.33. The van der Waals surface area contributed by atoms with Crippen molar-refractivity contribution in [3.63, 3.8) is 0 Å². The predicted octanol–water partition coefficient (Wildman–Crippen LogP) is 5.73. The van der Waals surface area contributed by atoms with E-state index in [1.54, 1.807) is 49.6 Å². The van der Waals surface area contributed by atoms with Gasteiger partial charge in [-0.3, -0.25) is 13.9 Å². The number of amides is 2. The Morgan fingerprint density at radius 3 is 2.34 bits per heavy atom. The van der Waals surface area contributed by atoms with Crippen LogP contribution in [0.25, 0.3) is 0 Å². The fraction of sp³-hybridized carbons (Fsp3) is 0.394. The SMILES string of the molecule is CC[C@H](C(=O)NC1CCCC1)N(Cc1cccc(OC)c1)C(=O)CN(c1cc(Cl)ccc1OC)S(=O)(=O)c1ccc(C)cc1. The molecule has 1 aliphatic rings. The van der Waals surface area contributed by atoms with E-state index in [0.717, 1.165) is 41.1 Å². The van der Waals surface area contributed by atoms with E-state index >= 15 is 0 Å². The number of rotatable bonds is 13. The molecular formula is C33H40ClN3O6S. The fourth-order valence-electron chi connectivity index (χ4n) is 5.46. The number of carbonyl (C=O) groups is 2. The Balaban J connectivity index is 1.77. The third-order valence-corrected chi connectivity index (χ3v) is 9.88. The highest BCUT2D eigenvalue weighted by atomic mass is 35.5. The molecule has 3 aromatic carbocycles. The topological polar surface area (TPSA) is 105 Å². The van der Waals surface area contributed by atoms with Crippen molar-refractivity contribution in [2.75, 3.05) is 25.1 Å². The third kappa shape index (κ3) is 7.84. The van der Waals surface area contributed by atoms with Crippen LogP contribution in [0.3, 0.4) is 0 Å². The molecule has 0 aliphatic heterocycles. The Bertz CT molecular complexity index is 1560. The van der Waals surface area contributed by atoms with Crippen molar-refractivity contribution in [1.82, 2.24) is 10.2 Å². The maximum atomic E-state index is 14.4. The molecule has 0 saturated heterocycles. The van der Waals surface area contributed by atoms with Gasteiger partial charge >= 0.3 is 0 Å². The standard InChI is InChI=1S/C33H40ClN3O6S/c1-5-29(33(39)35-26-10-6-7-11-26)36(21-24-9-8-12-27(19-24)42-3)32(38)22-37(30-20-25(34)15-18-31(30)43-4)44(40,41)28-16-13-23(2)14-17-28/h8-9,12-20,26,29H,5-7,10-11,21-22H2,1-4H3,(H,35,39)/t29-/m1/s1. The number of hydrogen-bond donors (Lipinski definition) is 1. The van der Waals surface area contributed by atoms with Gasteiger partial charge in [0.1, 0.15) is 24.1 Å². The molecular weight excluding hydrogens is 602 g/mol. The van der Waals surface area contributed by atoms with Crippen LogP contribution in [0.2, 0.25) is 5.02 Å². The van der Waals surface area contributed by atoms with Gasteiger partial charge in [0.25, 0.3) is 10.0 Å². The lowest BCUT2D eigenvalue weighted by molar-refractivity contribution is -0.140. The van der Waals surface area contributed by atoms with Crippen LogP contribution in [-0.2, 0) is 26.2 Å². The van der Waals surface area contributed by atoms with Gasteiger partial charge < -0.3 is 19.7 Å². The Kier molecular flexibility index (Phi) is 11.2. The van der Waals surface area contributed by atoms with Crippen LogP contribution < -0.4 is 19.1 Å². The van der Waals surface area contributed by atoms with E-state index in [1.165, 1.54) is 30.2 Å². The minimum absolute atomic E-state index is 0.00305. The van der Waals surface area contributed by atoms with Crippen molar-refractivity contribution in [3.05, 3.63) is 82.9 Å². The van der Waals surface area contributed by atoms with Gasteiger partial charge in [-0.1, -0.05) is 61.2 Å². The molecule has 9 nitrogen and oxygen atoms in total. The Morgan fingerprint density at radius 2 is 1.70 bits per heavy atom. The molecule has 236 valence electrons. The Morgan fingerprint density at radius 1 is 1.00 bits per heavy atom. The lowest BCUT2D eigenvalue weighted by atomic mass is 10.1. The van der Waals surface area contributed by atoms with Gasteiger partial charge in [0, 0.05) is 17.6 Å². The third-order valence-electron chi connectivity index (χ3n) is 7.87. The molecule has 1 N–H and O–H groups in total. The van der Waals surface area contributed by atoms with Gasteiger partial charge in [-0.15, -0.1) is 0 Å². The largest absolute Gasteiger partial charge is 0.497 e. The molecule has 2 amide bonds. The zero-order chi connectivity index (χ0) is 31.9. The van der Waals surface area contributed by atoms with Gasteiger partial charge in [-0.05, 0) is 74.2 Å². The van der Waals surface area contributed by atoms with Gasteiger partial charge in [0.05, 0.1) is 24.8 Å². The van der Waals surface area contributed by atoms with Crippen molar-refractivity contribution in [3.8, 4) is 11.5 Å². The number of halogens is 1. The molecule has 0 radical (unpaired) electrons. The highest BCUT2D eigenvalue weighted by molar-refractivity contribution is 7.92. The number of sulfonamides is 1. The molecule has 1 aliphatic carbocycles. The summed E-state index contributed by atoms with van der Waals surface area (Å²) in [4.78, 5) is 29.5. The molecule has 11 heteroatoms. The van der Waals surface area contributed by atoms with Crippen LogP contribution in [0, 0.1) is 6.92 Å². The number of benzene rings is 3. The molecule has 0 heterocycles. The lowest BCUT2D eigenvalue weighted by Crippen LogP contribution is -2.53. The highest BCUT2D eigenvalue weighted by Gasteiger charge is 2.35. The van der Waals surface area contributed by atoms with Crippen LogP contribution in [0.15, 0.2) is 71.6 Å². The quantitative estimate of drug-likeness (QED) is 0.256. The Labute approximate surface area is 265 Å². The van der Waals surface area contributed by atoms with Gasteiger partial charge in [-0.2, -0.15) is 0 Å². The zero-order valence-electron chi connectivity index (χ0n) is 25.6. The molecule has 3 aromatic rings. The van der Waals surface area contributed by atoms with Crippen LogP contribution in [-0.4, -0.2) is 58.0 Å². The average molecular weight is 642 g/mol. The van der Waals surface area contributed by atoms with Gasteiger partial charge in [0.2, 0.25) is 11.8 Å². The van der Waals surface area contributed by atoms with E-state index in [2.05, 4.69) is 5.32 Å². The maximum Gasteiger partial charge on any atom is 0.264 e. The van der Waals surface area contributed by atoms with Crippen molar-refractivity contribution in [2.45, 2.75) is 69.5 Å². The molecule has 1 saturated carbocycles. The number of nitrogens with zero attached hydrogens (tertiary/aromatic N) is 2. The smallest absolute Gasteiger partial charge is 0.264 e. The summed E-state index contributed by atoms with van der Waals surface area (Å²) in [5, 5.41) is 3.39. The summed E-state index contributed by atoms with van der Waals surface area (Å²) in [6, 6.07) is 17.4. The second kappa shape index (κ2) is 14.8. The summed E-state index contributed by atoms with van der Waals surface area (Å²) in [6.45, 7) is 3.17. The number of aryl methyl sites for hydroxylation is 1. The van der Waals surface area contributed by atoms with E-state index in [4.69, 9.17) is 21.1 Å². The van der Waals surface area contributed by atoms with Crippen molar-refractivity contribution < 1.29 is 27.5 Å². The number of hydrogen-bond acceptors (Lipinski definition) is 6. The fourth-order valence-corrected chi connectivity index (χ4v) is 7.05. The number of nitrogens with one attached hydrogen (secondary N) is 1. The van der Waals surface area contributed by atoms with Crippen molar-refractivity contribution in [1.29, 1.82) is 0 Å².